The Balaban J connectivity index is 2.07. The number of aliphatic imine (C=N–C) groups is 1. The number of hydrogen-bond acceptors (Lipinski definition) is 3. The van der Waals surface area contributed by atoms with Crippen molar-refractivity contribution in [3.8, 4) is 0 Å². The smallest absolute Gasteiger partial charge is 0.324 e. The first-order chi connectivity index (χ1) is 10.2. The maximum absolute atomic E-state index is 12.3. The highest BCUT2D eigenvalue weighted by Crippen LogP contribution is 2.46. The zero-order chi connectivity index (χ0) is 14.9. The summed E-state index contributed by atoms with van der Waals surface area (Å²) >= 11 is 0. The lowest BCUT2D eigenvalue weighted by molar-refractivity contribution is 0.229. The molecule has 1 aliphatic heterocycles. The van der Waals surface area contributed by atoms with E-state index in [1.54, 1.807) is 22.9 Å². The van der Waals surface area contributed by atoms with Gasteiger partial charge in [0.25, 0.3) is 0 Å². The van der Waals surface area contributed by atoms with Crippen LogP contribution in [0.5, 0.6) is 0 Å². The van der Waals surface area contributed by atoms with Crippen LogP contribution < -0.4 is 4.90 Å². The molecule has 5 nitrogen and oxygen atoms in total. The molecule has 0 unspecified atom stereocenters. The second kappa shape index (κ2) is 5.34. The molecule has 1 saturated heterocycles. The van der Waals surface area contributed by atoms with E-state index in [0.29, 0.717) is 6.54 Å². The van der Waals surface area contributed by atoms with Gasteiger partial charge in [0.1, 0.15) is 5.54 Å². The summed E-state index contributed by atoms with van der Waals surface area (Å²) in [6.45, 7) is 1.39. The molecule has 2 fully saturated rings. The Bertz CT molecular complexity index is 601. The molecule has 0 radical (unpaired) electrons. The molecule has 21 heavy (non-hydrogen) atoms. The largest absolute Gasteiger partial charge is 0.326 e. The number of hydrogen-bond donors (Lipinski definition) is 0. The Morgan fingerprint density at radius 3 is 2.52 bits per heavy atom. The van der Waals surface area contributed by atoms with Crippen molar-refractivity contribution in [3.63, 3.8) is 0 Å². The summed E-state index contributed by atoms with van der Waals surface area (Å²) in [6.07, 6.45) is 5.53. The summed E-state index contributed by atoms with van der Waals surface area (Å²) in [5.74, 6) is 0. The average Bonchev–Trinajstić information content (AvgIpc) is 3.09. The highest BCUT2D eigenvalue weighted by Gasteiger charge is 2.40. The summed E-state index contributed by atoms with van der Waals surface area (Å²) in [5, 5.41) is 0. The van der Waals surface area contributed by atoms with Crippen LogP contribution in [-0.4, -0.2) is 37.1 Å². The third-order valence-corrected chi connectivity index (χ3v) is 4.60. The maximum Gasteiger partial charge on any atom is 0.324 e. The van der Waals surface area contributed by atoms with Crippen LogP contribution in [-0.2, 0) is 10.3 Å². The van der Waals surface area contributed by atoms with Crippen molar-refractivity contribution in [1.82, 2.24) is 4.90 Å². The predicted molar refractivity (Wildman–Crippen MR) is 80.1 cm³/mol. The standard InChI is InChI=1S/C16H19N3O2/c1-18-10-11-19(15(18)21)14-7-3-2-6-13(14)16(17-12-20)8-4-5-9-16/h2-3,6-7H,4-5,8-11H2,1H3. The van der Waals surface area contributed by atoms with Crippen molar-refractivity contribution in [2.45, 2.75) is 31.2 Å². The first-order valence-electron chi connectivity index (χ1n) is 7.39. The number of carbonyl (C=O) groups is 1. The summed E-state index contributed by atoms with van der Waals surface area (Å²) in [6, 6.07) is 7.83. The Morgan fingerprint density at radius 2 is 1.90 bits per heavy atom. The van der Waals surface area contributed by atoms with E-state index in [1.807, 2.05) is 24.3 Å². The van der Waals surface area contributed by atoms with E-state index in [2.05, 4.69) is 4.99 Å². The molecule has 0 atom stereocenters. The molecule has 0 bridgehead atoms. The van der Waals surface area contributed by atoms with E-state index in [9.17, 15) is 9.59 Å². The van der Waals surface area contributed by atoms with Gasteiger partial charge >= 0.3 is 6.03 Å². The van der Waals surface area contributed by atoms with E-state index in [1.165, 1.54) is 0 Å². The monoisotopic (exact) mass is 285 g/mol. The zero-order valence-corrected chi connectivity index (χ0v) is 12.2. The minimum Gasteiger partial charge on any atom is -0.326 e. The minimum absolute atomic E-state index is 0.00526. The average molecular weight is 285 g/mol. The van der Waals surface area contributed by atoms with E-state index >= 15 is 0 Å². The quantitative estimate of drug-likeness (QED) is 0.633. The summed E-state index contributed by atoms with van der Waals surface area (Å²) < 4.78 is 0. The van der Waals surface area contributed by atoms with Crippen LogP contribution >= 0.6 is 0 Å². The first kappa shape index (κ1) is 13.8. The molecule has 0 spiro atoms. The number of carbonyl (C=O) groups excluding carboxylic acids is 2. The van der Waals surface area contributed by atoms with Crippen molar-refractivity contribution >= 4 is 17.8 Å². The third-order valence-electron chi connectivity index (χ3n) is 4.60. The SMILES string of the molecule is CN1CCN(c2ccccc2C2(N=C=O)CCCC2)C1=O. The molecule has 5 heteroatoms. The molecule has 1 aromatic carbocycles. The van der Waals surface area contributed by atoms with Gasteiger partial charge in [-0.05, 0) is 18.9 Å². The van der Waals surface area contributed by atoms with Gasteiger partial charge in [-0.25, -0.2) is 9.59 Å². The van der Waals surface area contributed by atoms with Gasteiger partial charge in [0.2, 0.25) is 6.08 Å². The zero-order valence-electron chi connectivity index (χ0n) is 12.2. The van der Waals surface area contributed by atoms with Gasteiger partial charge in [-0.2, -0.15) is 4.99 Å². The Morgan fingerprint density at radius 1 is 1.19 bits per heavy atom. The fourth-order valence-corrected chi connectivity index (χ4v) is 3.46. The second-order valence-corrected chi connectivity index (χ2v) is 5.81. The number of likely N-dealkylation sites (N-methyl/N-ethyl adjacent to an activating group) is 1. The van der Waals surface area contributed by atoms with E-state index in [4.69, 9.17) is 0 Å². The van der Waals surface area contributed by atoms with Crippen LogP contribution in [0.3, 0.4) is 0 Å². The third kappa shape index (κ3) is 2.24. The fraction of sp³-hybridized carbons (Fsp3) is 0.500. The summed E-state index contributed by atoms with van der Waals surface area (Å²) in [5.41, 5.74) is 1.36. The number of para-hydroxylation sites is 1. The van der Waals surface area contributed by atoms with Gasteiger partial charge in [0.15, 0.2) is 0 Å². The van der Waals surface area contributed by atoms with Gasteiger partial charge in [0.05, 0.1) is 5.69 Å². The molecular formula is C16H19N3O2. The Kier molecular flexibility index (Phi) is 3.52. The van der Waals surface area contributed by atoms with Gasteiger partial charge in [0, 0.05) is 25.7 Å². The number of amides is 2. The fourth-order valence-electron chi connectivity index (χ4n) is 3.46. The molecule has 3 rings (SSSR count). The molecular weight excluding hydrogens is 266 g/mol. The first-order valence-corrected chi connectivity index (χ1v) is 7.39. The van der Waals surface area contributed by atoms with Gasteiger partial charge in [-0.1, -0.05) is 31.0 Å². The minimum atomic E-state index is -0.500. The molecule has 0 aromatic heterocycles. The van der Waals surface area contributed by atoms with Gasteiger partial charge in [-0.3, -0.25) is 4.90 Å². The Labute approximate surface area is 124 Å². The molecule has 1 heterocycles. The van der Waals surface area contributed by atoms with Crippen LogP contribution in [0.25, 0.3) is 0 Å². The number of rotatable bonds is 3. The molecule has 1 aliphatic carbocycles. The summed E-state index contributed by atoms with van der Waals surface area (Å²) in [7, 11) is 1.81. The predicted octanol–water partition coefficient (Wildman–Crippen LogP) is 2.66. The maximum atomic E-state index is 12.3. The van der Waals surface area contributed by atoms with Crippen molar-refractivity contribution < 1.29 is 9.59 Å². The lowest BCUT2D eigenvalue weighted by atomic mass is 9.87. The van der Waals surface area contributed by atoms with E-state index in [0.717, 1.165) is 43.5 Å². The molecule has 0 N–H and O–H groups in total. The van der Waals surface area contributed by atoms with Crippen LogP contribution in [0.2, 0.25) is 0 Å². The number of isocyanates is 1. The lowest BCUT2D eigenvalue weighted by Gasteiger charge is -2.29. The Hall–Kier alpha value is -2.13. The normalized spacial score (nSPS) is 20.7. The molecule has 110 valence electrons. The van der Waals surface area contributed by atoms with Crippen LogP contribution in [0, 0.1) is 0 Å². The van der Waals surface area contributed by atoms with E-state index in [-0.39, 0.29) is 6.03 Å². The van der Waals surface area contributed by atoms with Crippen molar-refractivity contribution in [3.05, 3.63) is 29.8 Å². The topological polar surface area (TPSA) is 53.0 Å². The highest BCUT2D eigenvalue weighted by atomic mass is 16.2. The number of benzene rings is 1. The molecule has 1 aromatic rings. The number of anilines is 1. The van der Waals surface area contributed by atoms with Crippen molar-refractivity contribution in [2.75, 3.05) is 25.0 Å². The van der Waals surface area contributed by atoms with Crippen molar-refractivity contribution in [1.29, 1.82) is 0 Å². The summed E-state index contributed by atoms with van der Waals surface area (Å²) in [4.78, 5) is 30.8. The van der Waals surface area contributed by atoms with Gasteiger partial charge in [-0.15, -0.1) is 0 Å². The lowest BCUT2D eigenvalue weighted by Crippen LogP contribution is -2.32. The van der Waals surface area contributed by atoms with Crippen LogP contribution in [0.1, 0.15) is 31.2 Å². The second-order valence-electron chi connectivity index (χ2n) is 5.81. The number of nitrogens with zero attached hydrogens (tertiary/aromatic N) is 3. The molecule has 2 amide bonds. The number of urea groups is 1. The van der Waals surface area contributed by atoms with Crippen LogP contribution in [0.15, 0.2) is 29.3 Å². The molecule has 2 aliphatic rings. The van der Waals surface area contributed by atoms with Crippen molar-refractivity contribution in [2.24, 2.45) is 4.99 Å². The van der Waals surface area contributed by atoms with Crippen LogP contribution in [0.4, 0.5) is 10.5 Å². The van der Waals surface area contributed by atoms with Gasteiger partial charge < -0.3 is 4.90 Å². The van der Waals surface area contributed by atoms with E-state index < -0.39 is 5.54 Å². The molecule has 1 saturated carbocycles. The highest BCUT2D eigenvalue weighted by molar-refractivity contribution is 5.95.